The van der Waals surface area contributed by atoms with Gasteiger partial charge in [0.2, 0.25) is 0 Å². The Morgan fingerprint density at radius 2 is 2.44 bits per heavy atom. The fourth-order valence-electron chi connectivity index (χ4n) is 1.79. The number of hydrogen-bond donors (Lipinski definition) is 3. The Balaban J connectivity index is 2.17. The Hall–Kier alpha value is -0.120. The van der Waals surface area contributed by atoms with Crippen molar-refractivity contribution in [3.05, 3.63) is 0 Å². The lowest BCUT2D eigenvalue weighted by atomic mass is 9.96. The molecule has 2 fully saturated rings. The Labute approximate surface area is 55.0 Å². The lowest BCUT2D eigenvalue weighted by molar-refractivity contribution is 0.452. The monoisotopic (exact) mass is 127 g/mol. The molecule has 0 aromatic heterocycles. The molecule has 2 aliphatic rings. The second-order valence-electron chi connectivity index (χ2n) is 3.12. The maximum Gasteiger partial charge on any atom is 0.0460 e. The molecule has 2 rings (SSSR count). The summed E-state index contributed by atoms with van der Waals surface area (Å²) in [6.45, 7) is 3.14. The van der Waals surface area contributed by atoms with Crippen LogP contribution in [0.4, 0.5) is 0 Å². The van der Waals surface area contributed by atoms with Crippen molar-refractivity contribution in [2.24, 2.45) is 5.73 Å². The molecule has 2 aliphatic heterocycles. The fourth-order valence-corrected chi connectivity index (χ4v) is 1.79. The zero-order valence-electron chi connectivity index (χ0n) is 5.48. The first-order chi connectivity index (χ1) is 4.31. The molecule has 2 saturated heterocycles. The van der Waals surface area contributed by atoms with E-state index >= 15 is 0 Å². The van der Waals surface area contributed by atoms with E-state index in [1.165, 1.54) is 0 Å². The standard InChI is InChI=1S/C6H13N3/c7-6-1-2-9-5(6)3-8-4-6/h5,8-9H,1-4,7H2/t5?,6-/m1/s1. The molecule has 9 heavy (non-hydrogen) atoms. The van der Waals surface area contributed by atoms with Crippen molar-refractivity contribution in [3.8, 4) is 0 Å². The van der Waals surface area contributed by atoms with Gasteiger partial charge in [-0.3, -0.25) is 0 Å². The van der Waals surface area contributed by atoms with Gasteiger partial charge in [0, 0.05) is 24.7 Å². The maximum absolute atomic E-state index is 6.04. The molecule has 0 aliphatic carbocycles. The minimum atomic E-state index is 0.0833. The molecule has 4 N–H and O–H groups in total. The highest BCUT2D eigenvalue weighted by molar-refractivity contribution is 5.08. The van der Waals surface area contributed by atoms with Crippen molar-refractivity contribution < 1.29 is 0 Å². The van der Waals surface area contributed by atoms with Crippen molar-refractivity contribution in [2.45, 2.75) is 18.0 Å². The van der Waals surface area contributed by atoms with Gasteiger partial charge in [0.1, 0.15) is 0 Å². The van der Waals surface area contributed by atoms with Crippen LogP contribution in [0.2, 0.25) is 0 Å². The third-order valence-electron chi connectivity index (χ3n) is 2.48. The lowest BCUT2D eigenvalue weighted by Gasteiger charge is -2.20. The Bertz CT molecular complexity index is 113. The SMILES string of the molecule is N[C@@]12CCNC1CNC2. The molecular formula is C6H13N3. The second kappa shape index (κ2) is 1.68. The van der Waals surface area contributed by atoms with Crippen molar-refractivity contribution in [2.75, 3.05) is 19.6 Å². The molecule has 3 nitrogen and oxygen atoms in total. The minimum absolute atomic E-state index is 0.0833. The quantitative estimate of drug-likeness (QED) is 0.377. The number of nitrogens with one attached hydrogen (secondary N) is 2. The largest absolute Gasteiger partial charge is 0.323 e. The molecule has 0 spiro atoms. The summed E-state index contributed by atoms with van der Waals surface area (Å²) in [5, 5.41) is 6.65. The summed E-state index contributed by atoms with van der Waals surface area (Å²) < 4.78 is 0. The van der Waals surface area contributed by atoms with Crippen LogP contribution in [0.3, 0.4) is 0 Å². The molecular weight excluding hydrogens is 114 g/mol. The summed E-state index contributed by atoms with van der Waals surface area (Å²) >= 11 is 0. The molecule has 0 amide bonds. The van der Waals surface area contributed by atoms with E-state index in [4.69, 9.17) is 5.73 Å². The summed E-state index contributed by atoms with van der Waals surface area (Å²) in [5.41, 5.74) is 6.12. The average Bonchev–Trinajstić information content (AvgIpc) is 2.22. The highest BCUT2D eigenvalue weighted by Gasteiger charge is 2.42. The molecule has 0 aromatic rings. The summed E-state index contributed by atoms with van der Waals surface area (Å²) in [7, 11) is 0. The molecule has 0 bridgehead atoms. The Kier molecular flexibility index (Phi) is 1.06. The van der Waals surface area contributed by atoms with Gasteiger partial charge in [-0.2, -0.15) is 0 Å². The molecule has 1 unspecified atom stereocenters. The van der Waals surface area contributed by atoms with Gasteiger partial charge in [-0.25, -0.2) is 0 Å². The Morgan fingerprint density at radius 1 is 1.56 bits per heavy atom. The van der Waals surface area contributed by atoms with Crippen molar-refractivity contribution in [1.82, 2.24) is 10.6 Å². The summed E-state index contributed by atoms with van der Waals surface area (Å²) in [6, 6.07) is 0.539. The number of rotatable bonds is 0. The minimum Gasteiger partial charge on any atom is -0.323 e. The normalized spacial score (nSPS) is 49.7. The van der Waals surface area contributed by atoms with Crippen LogP contribution in [0.15, 0.2) is 0 Å². The third kappa shape index (κ3) is 0.689. The summed E-state index contributed by atoms with van der Waals surface area (Å²) in [5.74, 6) is 0. The van der Waals surface area contributed by atoms with E-state index in [0.29, 0.717) is 6.04 Å². The zero-order valence-corrected chi connectivity index (χ0v) is 5.48. The van der Waals surface area contributed by atoms with Gasteiger partial charge in [0.15, 0.2) is 0 Å². The van der Waals surface area contributed by atoms with E-state index in [2.05, 4.69) is 10.6 Å². The molecule has 0 saturated carbocycles. The predicted octanol–water partition coefficient (Wildman–Crippen LogP) is -1.35. The van der Waals surface area contributed by atoms with Crippen molar-refractivity contribution in [3.63, 3.8) is 0 Å². The van der Waals surface area contributed by atoms with Crippen LogP contribution in [-0.4, -0.2) is 31.2 Å². The van der Waals surface area contributed by atoms with Gasteiger partial charge in [0.05, 0.1) is 0 Å². The highest BCUT2D eigenvalue weighted by atomic mass is 15.2. The van der Waals surface area contributed by atoms with Gasteiger partial charge in [0.25, 0.3) is 0 Å². The predicted molar refractivity (Wildman–Crippen MR) is 36.2 cm³/mol. The smallest absolute Gasteiger partial charge is 0.0460 e. The molecule has 0 radical (unpaired) electrons. The van der Waals surface area contributed by atoms with Gasteiger partial charge < -0.3 is 16.4 Å². The van der Waals surface area contributed by atoms with E-state index < -0.39 is 0 Å². The van der Waals surface area contributed by atoms with Crippen LogP contribution >= 0.6 is 0 Å². The van der Waals surface area contributed by atoms with E-state index in [1.54, 1.807) is 0 Å². The van der Waals surface area contributed by atoms with Gasteiger partial charge in [-0.05, 0) is 13.0 Å². The highest BCUT2D eigenvalue weighted by Crippen LogP contribution is 2.20. The van der Waals surface area contributed by atoms with Gasteiger partial charge in [-0.1, -0.05) is 0 Å². The molecule has 52 valence electrons. The summed E-state index contributed by atoms with van der Waals surface area (Å²) in [6.07, 6.45) is 1.13. The van der Waals surface area contributed by atoms with Gasteiger partial charge in [-0.15, -0.1) is 0 Å². The molecule has 2 heterocycles. The first-order valence-electron chi connectivity index (χ1n) is 3.54. The van der Waals surface area contributed by atoms with Crippen LogP contribution < -0.4 is 16.4 Å². The van der Waals surface area contributed by atoms with E-state index in [-0.39, 0.29) is 5.54 Å². The molecule has 0 aromatic carbocycles. The number of nitrogens with two attached hydrogens (primary N) is 1. The zero-order chi connectivity index (χ0) is 6.32. The van der Waals surface area contributed by atoms with Crippen LogP contribution in [0, 0.1) is 0 Å². The van der Waals surface area contributed by atoms with E-state index in [9.17, 15) is 0 Å². The Morgan fingerprint density at radius 3 is 3.22 bits per heavy atom. The van der Waals surface area contributed by atoms with Crippen LogP contribution in [-0.2, 0) is 0 Å². The fraction of sp³-hybridized carbons (Fsp3) is 1.00. The first-order valence-corrected chi connectivity index (χ1v) is 3.54. The topological polar surface area (TPSA) is 50.1 Å². The van der Waals surface area contributed by atoms with Crippen molar-refractivity contribution in [1.29, 1.82) is 0 Å². The van der Waals surface area contributed by atoms with Crippen LogP contribution in [0.25, 0.3) is 0 Å². The number of fused-ring (bicyclic) bond motifs is 1. The van der Waals surface area contributed by atoms with Crippen LogP contribution in [0.5, 0.6) is 0 Å². The lowest BCUT2D eigenvalue weighted by Crippen LogP contribution is -2.49. The van der Waals surface area contributed by atoms with Crippen molar-refractivity contribution >= 4 is 0 Å². The van der Waals surface area contributed by atoms with Crippen LogP contribution in [0.1, 0.15) is 6.42 Å². The average molecular weight is 127 g/mol. The third-order valence-corrected chi connectivity index (χ3v) is 2.48. The van der Waals surface area contributed by atoms with Gasteiger partial charge >= 0.3 is 0 Å². The molecule has 2 atom stereocenters. The molecule has 3 heteroatoms. The number of hydrogen-bond acceptors (Lipinski definition) is 3. The first kappa shape index (κ1) is 5.65. The van der Waals surface area contributed by atoms with E-state index in [0.717, 1.165) is 26.1 Å². The summed E-state index contributed by atoms with van der Waals surface area (Å²) in [4.78, 5) is 0. The van der Waals surface area contributed by atoms with E-state index in [1.807, 2.05) is 0 Å². The maximum atomic E-state index is 6.04. The second-order valence-corrected chi connectivity index (χ2v) is 3.12.